The molecule has 0 aliphatic carbocycles. The van der Waals surface area contributed by atoms with Gasteiger partial charge in [0.1, 0.15) is 5.71 Å². The zero-order valence-electron chi connectivity index (χ0n) is 19.2. The lowest BCUT2D eigenvalue weighted by atomic mass is 10.1. The van der Waals surface area contributed by atoms with Crippen molar-refractivity contribution in [1.29, 1.82) is 0 Å². The Morgan fingerprint density at radius 2 is 1.82 bits per heavy atom. The lowest BCUT2D eigenvalue weighted by molar-refractivity contribution is -0.147. The Balaban J connectivity index is 1.33. The largest absolute Gasteiger partial charge is 0.448 e. The van der Waals surface area contributed by atoms with E-state index in [-0.39, 0.29) is 42.4 Å². The molecule has 1 aromatic rings. The van der Waals surface area contributed by atoms with Gasteiger partial charge < -0.3 is 15.0 Å². The Bertz CT molecular complexity index is 1080. The summed E-state index contributed by atoms with van der Waals surface area (Å²) in [5.41, 5.74) is 1.72. The van der Waals surface area contributed by atoms with Crippen LogP contribution in [0.4, 0.5) is 11.4 Å². The van der Waals surface area contributed by atoms with E-state index in [1.807, 2.05) is 24.3 Å². The van der Waals surface area contributed by atoms with Gasteiger partial charge in [0.2, 0.25) is 5.91 Å². The fourth-order valence-corrected chi connectivity index (χ4v) is 6.10. The molecule has 34 heavy (non-hydrogen) atoms. The average molecular weight is 491 g/mol. The van der Waals surface area contributed by atoms with Crippen LogP contribution in [0.1, 0.15) is 45.4 Å². The number of esters is 1. The van der Waals surface area contributed by atoms with Crippen molar-refractivity contribution in [2.75, 3.05) is 34.8 Å². The lowest BCUT2D eigenvalue weighted by Crippen LogP contribution is -2.42. The molecular formula is C23H30N4O6S. The molecule has 3 aliphatic rings. The maximum absolute atomic E-state index is 12.6. The second-order valence-electron chi connectivity index (χ2n) is 8.97. The van der Waals surface area contributed by atoms with Gasteiger partial charge in [0.05, 0.1) is 17.5 Å². The topological polar surface area (TPSA) is 125 Å². The van der Waals surface area contributed by atoms with E-state index in [9.17, 15) is 22.8 Å². The summed E-state index contributed by atoms with van der Waals surface area (Å²) < 4.78 is 28.8. The van der Waals surface area contributed by atoms with Gasteiger partial charge in [-0.25, -0.2) is 18.2 Å². The van der Waals surface area contributed by atoms with Crippen molar-refractivity contribution in [3.63, 3.8) is 0 Å². The summed E-state index contributed by atoms with van der Waals surface area (Å²) in [6.07, 6.45) is 2.94. The van der Waals surface area contributed by atoms with Crippen LogP contribution >= 0.6 is 0 Å². The highest BCUT2D eigenvalue weighted by molar-refractivity contribution is 7.91. The van der Waals surface area contributed by atoms with E-state index in [2.05, 4.69) is 15.3 Å². The molecule has 0 saturated carbocycles. The van der Waals surface area contributed by atoms with Gasteiger partial charge in [0.15, 0.2) is 15.9 Å². The fourth-order valence-electron chi connectivity index (χ4n) is 4.41. The first kappa shape index (κ1) is 24.2. The molecule has 11 heteroatoms. The van der Waals surface area contributed by atoms with Gasteiger partial charge in [-0.1, -0.05) is 0 Å². The minimum Gasteiger partial charge on any atom is -0.448 e. The Hall–Kier alpha value is -2.95. The molecule has 3 heterocycles. The van der Waals surface area contributed by atoms with Gasteiger partial charge in [0, 0.05) is 37.3 Å². The van der Waals surface area contributed by atoms with E-state index >= 15 is 0 Å². The molecule has 2 amide bonds. The third kappa shape index (κ3) is 5.75. The van der Waals surface area contributed by atoms with E-state index in [1.54, 1.807) is 0 Å². The average Bonchev–Trinajstić information content (AvgIpc) is 3.19. The number of ether oxygens (including phenoxy) is 1. The van der Waals surface area contributed by atoms with Crippen LogP contribution < -0.4 is 10.2 Å². The highest BCUT2D eigenvalue weighted by Gasteiger charge is 2.38. The number of benzene rings is 1. The fraction of sp³-hybridized carbons (Fsp3) is 0.565. The molecule has 184 valence electrons. The Kier molecular flexibility index (Phi) is 7.20. The first-order valence-electron chi connectivity index (χ1n) is 11.7. The van der Waals surface area contributed by atoms with Gasteiger partial charge in [-0.05, 0) is 56.9 Å². The first-order valence-corrected chi connectivity index (χ1v) is 13.5. The number of anilines is 2. The molecule has 2 saturated heterocycles. The smallest absolute Gasteiger partial charge is 0.355 e. The van der Waals surface area contributed by atoms with Gasteiger partial charge in [-0.3, -0.25) is 9.59 Å². The van der Waals surface area contributed by atoms with Crippen molar-refractivity contribution in [1.82, 2.24) is 5.01 Å². The summed E-state index contributed by atoms with van der Waals surface area (Å²) >= 11 is 0. The maximum Gasteiger partial charge on any atom is 0.355 e. The Morgan fingerprint density at radius 3 is 2.47 bits per heavy atom. The van der Waals surface area contributed by atoms with Gasteiger partial charge in [0.25, 0.3) is 5.91 Å². The summed E-state index contributed by atoms with van der Waals surface area (Å²) in [7, 11) is -3.21. The van der Waals surface area contributed by atoms with Crippen LogP contribution in [-0.2, 0) is 29.0 Å². The number of amides is 2. The third-order valence-electron chi connectivity index (χ3n) is 6.36. The van der Waals surface area contributed by atoms with Crippen molar-refractivity contribution in [3.8, 4) is 0 Å². The van der Waals surface area contributed by atoms with Gasteiger partial charge in [-0.2, -0.15) is 5.10 Å². The SMILES string of the molecule is C[C@H](OC(=O)C1=NN([C@@H]2CCS(=O)(=O)C2)C(=O)CC1)C(=O)Nc1ccc(N2CCCCC2)cc1. The highest BCUT2D eigenvalue weighted by Crippen LogP contribution is 2.23. The van der Waals surface area contributed by atoms with E-state index in [0.717, 1.165) is 23.8 Å². The zero-order chi connectivity index (χ0) is 24.3. The highest BCUT2D eigenvalue weighted by atomic mass is 32.2. The third-order valence-corrected chi connectivity index (χ3v) is 8.11. The number of nitrogens with zero attached hydrogens (tertiary/aromatic N) is 3. The molecule has 0 radical (unpaired) electrons. The molecular weight excluding hydrogens is 460 g/mol. The van der Waals surface area contributed by atoms with Crippen LogP contribution in [0.15, 0.2) is 29.4 Å². The van der Waals surface area contributed by atoms with Crippen molar-refractivity contribution in [2.24, 2.45) is 5.10 Å². The van der Waals surface area contributed by atoms with E-state index in [4.69, 9.17) is 4.74 Å². The Morgan fingerprint density at radius 1 is 1.12 bits per heavy atom. The van der Waals surface area contributed by atoms with Crippen LogP contribution in [0.25, 0.3) is 0 Å². The molecule has 1 N–H and O–H groups in total. The molecule has 0 spiro atoms. The van der Waals surface area contributed by atoms with Crippen molar-refractivity contribution < 1.29 is 27.5 Å². The van der Waals surface area contributed by atoms with Crippen molar-refractivity contribution >= 4 is 44.7 Å². The van der Waals surface area contributed by atoms with Gasteiger partial charge >= 0.3 is 5.97 Å². The summed E-state index contributed by atoms with van der Waals surface area (Å²) in [5.74, 6) is -1.77. The second-order valence-corrected chi connectivity index (χ2v) is 11.2. The number of hydrazone groups is 1. The maximum atomic E-state index is 12.6. The van der Waals surface area contributed by atoms with Crippen molar-refractivity contribution in [2.45, 2.75) is 57.6 Å². The van der Waals surface area contributed by atoms with Crippen LogP contribution in [-0.4, -0.2) is 73.7 Å². The standard InChI is InChI=1S/C23H30N4O6S/c1-16(22(29)24-17-5-7-18(8-6-17)26-12-3-2-4-13-26)33-23(30)20-9-10-21(28)27(25-20)19-11-14-34(31,32)15-19/h5-8,16,19H,2-4,9-15H2,1H3,(H,24,29)/t16-,19+/m0/s1. The number of carbonyl (C=O) groups excluding carboxylic acids is 3. The van der Waals surface area contributed by atoms with E-state index < -0.39 is 33.9 Å². The lowest BCUT2D eigenvalue weighted by Gasteiger charge is -2.29. The molecule has 0 unspecified atom stereocenters. The number of nitrogens with one attached hydrogen (secondary N) is 1. The number of hydrogen-bond acceptors (Lipinski definition) is 8. The summed E-state index contributed by atoms with van der Waals surface area (Å²) in [4.78, 5) is 39.7. The predicted octanol–water partition coefficient (Wildman–Crippen LogP) is 1.71. The van der Waals surface area contributed by atoms with Crippen LogP contribution in [0.3, 0.4) is 0 Å². The number of carbonyl (C=O) groups is 3. The predicted molar refractivity (Wildman–Crippen MR) is 127 cm³/mol. The molecule has 3 aliphatic heterocycles. The zero-order valence-corrected chi connectivity index (χ0v) is 20.1. The normalized spacial score (nSPS) is 23.3. The molecule has 4 rings (SSSR count). The van der Waals surface area contributed by atoms with Crippen LogP contribution in [0.2, 0.25) is 0 Å². The number of rotatable bonds is 6. The molecule has 10 nitrogen and oxygen atoms in total. The molecule has 2 atom stereocenters. The van der Waals surface area contributed by atoms with E-state index in [1.165, 1.54) is 26.2 Å². The minimum atomic E-state index is -3.21. The monoisotopic (exact) mass is 490 g/mol. The second kappa shape index (κ2) is 10.1. The van der Waals surface area contributed by atoms with E-state index in [0.29, 0.717) is 5.69 Å². The molecule has 2 fully saturated rings. The van der Waals surface area contributed by atoms with Crippen molar-refractivity contribution in [3.05, 3.63) is 24.3 Å². The quantitative estimate of drug-likeness (QED) is 0.602. The summed E-state index contributed by atoms with van der Waals surface area (Å²) in [6.45, 7) is 3.52. The van der Waals surface area contributed by atoms with Crippen LogP contribution in [0.5, 0.6) is 0 Å². The first-order chi connectivity index (χ1) is 16.2. The molecule has 0 aromatic heterocycles. The molecule has 0 bridgehead atoms. The number of piperidine rings is 1. The number of sulfone groups is 1. The van der Waals surface area contributed by atoms with Crippen LogP contribution in [0, 0.1) is 0 Å². The Labute approximate surface area is 199 Å². The van der Waals surface area contributed by atoms with Gasteiger partial charge in [-0.15, -0.1) is 0 Å². The number of hydrogen-bond donors (Lipinski definition) is 1. The summed E-state index contributed by atoms with van der Waals surface area (Å²) in [5, 5.41) is 7.93. The summed E-state index contributed by atoms with van der Waals surface area (Å²) in [6, 6.07) is 6.99. The minimum absolute atomic E-state index is 0.00698. The molecule has 1 aromatic carbocycles.